The smallest absolute Gasteiger partial charge is 0.294 e. The SMILES string of the molecule is Cc1cc(/N=N/c2ccn(C(=O)Sc3ccccc3)c2)cc(C)c1O. The molecule has 0 saturated heterocycles. The van der Waals surface area contributed by atoms with Crippen LogP contribution >= 0.6 is 11.8 Å². The van der Waals surface area contributed by atoms with Gasteiger partial charge in [0.2, 0.25) is 0 Å². The van der Waals surface area contributed by atoms with Crippen LogP contribution in [0.4, 0.5) is 16.2 Å². The zero-order valence-electron chi connectivity index (χ0n) is 13.9. The maximum Gasteiger partial charge on any atom is 0.294 e. The number of phenols is 1. The molecule has 0 fully saturated rings. The Morgan fingerprint density at radius 3 is 2.32 bits per heavy atom. The second-order valence-electron chi connectivity index (χ2n) is 5.59. The maximum atomic E-state index is 12.3. The molecule has 1 N–H and O–H groups in total. The second-order valence-corrected chi connectivity index (χ2v) is 6.61. The van der Waals surface area contributed by atoms with Gasteiger partial charge in [-0.05, 0) is 67.1 Å². The van der Waals surface area contributed by atoms with E-state index in [0.29, 0.717) is 11.4 Å². The minimum Gasteiger partial charge on any atom is -0.507 e. The van der Waals surface area contributed by atoms with Crippen LogP contribution in [0.5, 0.6) is 5.75 Å². The lowest BCUT2D eigenvalue weighted by atomic mass is 10.1. The molecule has 3 aromatic rings. The Bertz CT molecular complexity index is 910. The molecule has 3 rings (SSSR count). The molecule has 0 aliphatic heterocycles. The molecule has 25 heavy (non-hydrogen) atoms. The van der Waals surface area contributed by atoms with Gasteiger partial charge in [0.25, 0.3) is 5.24 Å². The molecule has 1 heterocycles. The molecule has 5 nitrogen and oxygen atoms in total. The lowest BCUT2D eigenvalue weighted by Crippen LogP contribution is -2.00. The molecule has 0 radical (unpaired) electrons. The van der Waals surface area contributed by atoms with Gasteiger partial charge in [0.15, 0.2) is 0 Å². The van der Waals surface area contributed by atoms with Gasteiger partial charge in [0.1, 0.15) is 11.4 Å². The first kappa shape index (κ1) is 17.0. The number of thioether (sulfide) groups is 1. The summed E-state index contributed by atoms with van der Waals surface area (Å²) in [5.41, 5.74) is 2.75. The Morgan fingerprint density at radius 2 is 1.64 bits per heavy atom. The van der Waals surface area contributed by atoms with Crippen molar-refractivity contribution in [2.75, 3.05) is 0 Å². The van der Waals surface area contributed by atoms with Gasteiger partial charge in [0.05, 0.1) is 5.69 Å². The molecule has 0 atom stereocenters. The van der Waals surface area contributed by atoms with Crippen molar-refractivity contribution >= 4 is 28.4 Å². The van der Waals surface area contributed by atoms with Crippen LogP contribution in [-0.2, 0) is 0 Å². The number of aromatic hydroxyl groups is 1. The van der Waals surface area contributed by atoms with Gasteiger partial charge in [-0.25, -0.2) is 0 Å². The molecule has 0 aliphatic carbocycles. The predicted octanol–water partition coefficient (Wildman–Crippen LogP) is 5.99. The molecule has 0 amide bonds. The fourth-order valence-electron chi connectivity index (χ4n) is 2.31. The van der Waals surface area contributed by atoms with Crippen molar-refractivity contribution in [2.45, 2.75) is 18.7 Å². The zero-order valence-corrected chi connectivity index (χ0v) is 14.7. The van der Waals surface area contributed by atoms with Crippen LogP contribution < -0.4 is 0 Å². The standard InChI is InChI=1S/C19H17N3O2S/c1-13-10-16(11-14(2)18(13)23)21-20-15-8-9-22(12-15)19(24)25-17-6-4-3-5-7-17/h3-12,23H,1-2H3/b21-20+. The fraction of sp³-hybridized carbons (Fsp3) is 0.105. The number of rotatable bonds is 3. The first-order valence-electron chi connectivity index (χ1n) is 7.70. The number of hydrogen-bond donors (Lipinski definition) is 1. The highest BCUT2D eigenvalue weighted by Gasteiger charge is 2.08. The molecule has 1 aromatic heterocycles. The Kier molecular flexibility index (Phi) is 5.00. The number of carbonyl (C=O) groups is 1. The molecule has 6 heteroatoms. The topological polar surface area (TPSA) is 67.0 Å². The van der Waals surface area contributed by atoms with Gasteiger partial charge >= 0.3 is 0 Å². The van der Waals surface area contributed by atoms with Crippen LogP contribution in [-0.4, -0.2) is 14.9 Å². The summed E-state index contributed by atoms with van der Waals surface area (Å²) < 4.78 is 1.49. The number of aryl methyl sites for hydroxylation is 2. The molecular weight excluding hydrogens is 334 g/mol. The van der Waals surface area contributed by atoms with Crippen molar-refractivity contribution in [1.82, 2.24) is 4.57 Å². The van der Waals surface area contributed by atoms with E-state index in [1.165, 1.54) is 4.57 Å². The summed E-state index contributed by atoms with van der Waals surface area (Å²) in [6.45, 7) is 3.63. The van der Waals surface area contributed by atoms with Gasteiger partial charge in [-0.3, -0.25) is 9.36 Å². The summed E-state index contributed by atoms with van der Waals surface area (Å²) >= 11 is 1.15. The molecule has 0 bridgehead atoms. The van der Waals surface area contributed by atoms with E-state index in [0.717, 1.165) is 27.8 Å². The Morgan fingerprint density at radius 1 is 1.00 bits per heavy atom. The number of phenolic OH excluding ortho intramolecular Hbond substituents is 1. The molecule has 126 valence electrons. The second kappa shape index (κ2) is 7.36. The Hall–Kier alpha value is -2.86. The van der Waals surface area contributed by atoms with E-state index >= 15 is 0 Å². The van der Waals surface area contributed by atoms with Crippen LogP contribution in [0.15, 0.2) is 76.0 Å². The number of nitrogens with zero attached hydrogens (tertiary/aromatic N) is 3. The van der Waals surface area contributed by atoms with E-state index < -0.39 is 0 Å². The normalized spacial score (nSPS) is 11.1. The summed E-state index contributed by atoms with van der Waals surface area (Å²) in [5, 5.41) is 18.0. The summed E-state index contributed by atoms with van der Waals surface area (Å²) in [5.74, 6) is 0.272. The van der Waals surface area contributed by atoms with Crippen LogP contribution in [0.3, 0.4) is 0 Å². The van der Waals surface area contributed by atoms with Gasteiger partial charge in [-0.2, -0.15) is 5.11 Å². The zero-order chi connectivity index (χ0) is 17.8. The number of benzene rings is 2. The summed E-state index contributed by atoms with van der Waals surface area (Å²) in [6.07, 6.45) is 3.31. The van der Waals surface area contributed by atoms with Gasteiger partial charge < -0.3 is 5.11 Å². The third-order valence-electron chi connectivity index (χ3n) is 3.59. The molecule has 0 unspecified atom stereocenters. The lowest BCUT2D eigenvalue weighted by molar-refractivity contribution is 0.262. The van der Waals surface area contributed by atoms with E-state index in [2.05, 4.69) is 10.2 Å². The third-order valence-corrected chi connectivity index (χ3v) is 4.49. The summed E-state index contributed by atoms with van der Waals surface area (Å²) in [6, 6.07) is 14.7. The molecule has 0 spiro atoms. The first-order valence-corrected chi connectivity index (χ1v) is 8.52. The van der Waals surface area contributed by atoms with Crippen molar-refractivity contribution < 1.29 is 9.90 Å². The number of aromatic nitrogens is 1. The van der Waals surface area contributed by atoms with Crippen LogP contribution in [0.25, 0.3) is 0 Å². The van der Waals surface area contributed by atoms with Gasteiger partial charge in [-0.15, -0.1) is 5.11 Å². The van der Waals surface area contributed by atoms with E-state index in [-0.39, 0.29) is 11.0 Å². The summed E-state index contributed by atoms with van der Waals surface area (Å²) in [7, 11) is 0. The largest absolute Gasteiger partial charge is 0.507 e. The van der Waals surface area contributed by atoms with Crippen LogP contribution in [0, 0.1) is 13.8 Å². The minimum atomic E-state index is -0.107. The van der Waals surface area contributed by atoms with Crippen molar-refractivity contribution in [3.8, 4) is 5.75 Å². The highest BCUT2D eigenvalue weighted by Crippen LogP contribution is 2.28. The highest BCUT2D eigenvalue weighted by molar-refractivity contribution is 8.13. The van der Waals surface area contributed by atoms with Crippen molar-refractivity contribution in [1.29, 1.82) is 0 Å². The highest BCUT2D eigenvalue weighted by atomic mass is 32.2. The predicted molar refractivity (Wildman–Crippen MR) is 99.3 cm³/mol. The fourth-order valence-corrected chi connectivity index (χ4v) is 3.02. The molecule has 2 aromatic carbocycles. The van der Waals surface area contributed by atoms with Crippen LogP contribution in [0.2, 0.25) is 0 Å². The number of hydrogen-bond acceptors (Lipinski definition) is 5. The molecule has 0 aliphatic rings. The summed E-state index contributed by atoms with van der Waals surface area (Å²) in [4.78, 5) is 13.1. The molecule has 0 saturated carbocycles. The van der Waals surface area contributed by atoms with E-state index in [4.69, 9.17) is 0 Å². The van der Waals surface area contributed by atoms with E-state index in [9.17, 15) is 9.90 Å². The van der Waals surface area contributed by atoms with E-state index in [1.807, 2.05) is 44.2 Å². The van der Waals surface area contributed by atoms with Gasteiger partial charge in [0, 0.05) is 17.3 Å². The maximum absolute atomic E-state index is 12.3. The Balaban J connectivity index is 1.72. The monoisotopic (exact) mass is 351 g/mol. The molecular formula is C19H17N3O2S. The van der Waals surface area contributed by atoms with Crippen molar-refractivity contribution in [3.63, 3.8) is 0 Å². The number of carbonyl (C=O) groups excluding carboxylic acids is 1. The van der Waals surface area contributed by atoms with Gasteiger partial charge in [-0.1, -0.05) is 18.2 Å². The average Bonchev–Trinajstić information content (AvgIpc) is 3.08. The number of azo groups is 1. The van der Waals surface area contributed by atoms with Crippen molar-refractivity contribution in [2.24, 2.45) is 10.2 Å². The lowest BCUT2D eigenvalue weighted by Gasteiger charge is -2.03. The third kappa shape index (κ3) is 4.16. The average molecular weight is 351 g/mol. The van der Waals surface area contributed by atoms with Crippen LogP contribution in [0.1, 0.15) is 11.1 Å². The quantitative estimate of drug-likeness (QED) is 0.466. The first-order chi connectivity index (χ1) is 12.0. The minimum absolute atomic E-state index is 0.107. The van der Waals surface area contributed by atoms with E-state index in [1.54, 1.807) is 30.6 Å². The Labute approximate surface area is 150 Å². The van der Waals surface area contributed by atoms with Crippen molar-refractivity contribution in [3.05, 3.63) is 72.1 Å².